The number of carbonyl (C=O) groups excluding carboxylic acids is 3. The third kappa shape index (κ3) is 13.1. The first-order chi connectivity index (χ1) is 18.0. The number of hydrogen-bond donors (Lipinski definition) is 0. The molecule has 0 saturated carbocycles. The van der Waals surface area contributed by atoms with Crippen LogP contribution in [0.1, 0.15) is 56.1 Å². The molecule has 37 heavy (non-hydrogen) atoms. The minimum absolute atomic E-state index is 0.265. The normalized spacial score (nSPS) is 10.6. The number of hydrogen-bond acceptors (Lipinski definition) is 7. The summed E-state index contributed by atoms with van der Waals surface area (Å²) >= 11 is 0. The fourth-order valence-electron chi connectivity index (χ4n) is 3.39. The molecule has 0 amide bonds. The van der Waals surface area contributed by atoms with E-state index in [2.05, 4.69) is 11.3 Å². The van der Waals surface area contributed by atoms with Crippen LogP contribution >= 0.6 is 0 Å². The number of rotatable bonds is 17. The van der Waals surface area contributed by atoms with Crippen molar-refractivity contribution in [2.45, 2.75) is 51.4 Å². The second-order valence-corrected chi connectivity index (χ2v) is 8.38. The Bertz CT molecular complexity index is 1010. The molecule has 2 aromatic rings. The van der Waals surface area contributed by atoms with Crippen molar-refractivity contribution in [3.05, 3.63) is 78.4 Å². The van der Waals surface area contributed by atoms with E-state index in [4.69, 9.17) is 14.2 Å². The second kappa shape index (κ2) is 17.5. The summed E-state index contributed by atoms with van der Waals surface area (Å²) in [4.78, 5) is 34.3. The van der Waals surface area contributed by atoms with E-state index < -0.39 is 5.97 Å². The molecule has 0 heterocycles. The predicted octanol–water partition coefficient (Wildman–Crippen LogP) is 5.86. The van der Waals surface area contributed by atoms with Crippen LogP contribution in [-0.2, 0) is 30.3 Å². The van der Waals surface area contributed by atoms with Gasteiger partial charge in [-0.2, -0.15) is 0 Å². The van der Waals surface area contributed by atoms with E-state index >= 15 is 0 Å². The molecule has 0 bridgehead atoms. The van der Waals surface area contributed by atoms with Gasteiger partial charge in [0.05, 0.1) is 20.3 Å². The quantitative estimate of drug-likeness (QED) is 0.114. The highest BCUT2D eigenvalue weighted by atomic mass is 16.5. The summed E-state index contributed by atoms with van der Waals surface area (Å²) in [6.07, 6.45) is 11.2. The fourth-order valence-corrected chi connectivity index (χ4v) is 3.39. The zero-order valence-corrected chi connectivity index (χ0v) is 21.5. The monoisotopic (exact) mass is 508 g/mol. The largest absolute Gasteiger partial charge is 0.494 e. The van der Waals surface area contributed by atoms with E-state index in [-0.39, 0.29) is 18.4 Å². The number of carbonyl (C=O) groups is 3. The first kappa shape index (κ1) is 29.4. The van der Waals surface area contributed by atoms with Crippen LogP contribution < -0.4 is 9.47 Å². The minimum atomic E-state index is -0.430. The zero-order valence-electron chi connectivity index (χ0n) is 21.5. The molecule has 198 valence electrons. The number of esters is 3. The summed E-state index contributed by atoms with van der Waals surface area (Å²) in [5, 5.41) is 0. The van der Waals surface area contributed by atoms with Gasteiger partial charge < -0.3 is 18.9 Å². The van der Waals surface area contributed by atoms with E-state index in [1.165, 1.54) is 19.3 Å². The van der Waals surface area contributed by atoms with Crippen molar-refractivity contribution in [2.24, 2.45) is 0 Å². The van der Waals surface area contributed by atoms with Crippen LogP contribution in [0.4, 0.5) is 0 Å². The van der Waals surface area contributed by atoms with Gasteiger partial charge in [0, 0.05) is 18.6 Å². The third-order valence-corrected chi connectivity index (χ3v) is 5.48. The zero-order chi connectivity index (χ0) is 26.7. The standard InChI is InChI=1S/C30H36O7/c1-3-28(31)36-23-9-7-5-4-6-8-22-35-26-16-10-24(11-17-26)15-21-30(33)37-27-18-12-25(13-19-27)14-20-29(32)34-2/h3,10-14,16-20H,1,4-9,15,21-23H2,2H3/b20-14+. The van der Waals surface area contributed by atoms with Crippen LogP contribution in [0.3, 0.4) is 0 Å². The summed E-state index contributed by atoms with van der Waals surface area (Å²) in [5.41, 5.74) is 1.83. The van der Waals surface area contributed by atoms with Crippen molar-refractivity contribution in [1.82, 2.24) is 0 Å². The molecule has 0 saturated heterocycles. The number of ether oxygens (including phenoxy) is 4. The van der Waals surface area contributed by atoms with Gasteiger partial charge in [0.2, 0.25) is 0 Å². The molecule has 0 fully saturated rings. The lowest BCUT2D eigenvalue weighted by Gasteiger charge is -2.08. The lowest BCUT2D eigenvalue weighted by Crippen LogP contribution is -2.09. The highest BCUT2D eigenvalue weighted by Crippen LogP contribution is 2.17. The van der Waals surface area contributed by atoms with Gasteiger partial charge in [-0.15, -0.1) is 0 Å². The highest BCUT2D eigenvalue weighted by molar-refractivity contribution is 5.87. The van der Waals surface area contributed by atoms with E-state index in [1.807, 2.05) is 24.3 Å². The van der Waals surface area contributed by atoms with Gasteiger partial charge in [-0.3, -0.25) is 4.79 Å². The van der Waals surface area contributed by atoms with Gasteiger partial charge in [-0.05, 0) is 60.7 Å². The van der Waals surface area contributed by atoms with Gasteiger partial charge in [0.15, 0.2) is 0 Å². The number of benzene rings is 2. The van der Waals surface area contributed by atoms with Gasteiger partial charge in [-0.1, -0.05) is 56.5 Å². The van der Waals surface area contributed by atoms with E-state index in [9.17, 15) is 14.4 Å². The Morgan fingerprint density at radius 2 is 1.41 bits per heavy atom. The van der Waals surface area contributed by atoms with E-state index in [1.54, 1.807) is 30.3 Å². The molecule has 2 rings (SSSR count). The molecule has 0 radical (unpaired) electrons. The summed E-state index contributed by atoms with van der Waals surface area (Å²) in [6.45, 7) is 4.49. The van der Waals surface area contributed by atoms with Crippen molar-refractivity contribution < 1.29 is 33.3 Å². The van der Waals surface area contributed by atoms with Crippen LogP contribution in [0.2, 0.25) is 0 Å². The SMILES string of the molecule is C=CC(=O)OCCCCCCCCOc1ccc(CCC(=O)Oc2ccc(/C=C/C(=O)OC)cc2)cc1. The first-order valence-corrected chi connectivity index (χ1v) is 12.6. The Morgan fingerprint density at radius 3 is 2.05 bits per heavy atom. The highest BCUT2D eigenvalue weighted by Gasteiger charge is 2.06. The number of aryl methyl sites for hydroxylation is 1. The van der Waals surface area contributed by atoms with Gasteiger partial charge >= 0.3 is 17.9 Å². The molecule has 2 aromatic carbocycles. The van der Waals surface area contributed by atoms with Crippen molar-refractivity contribution in [3.8, 4) is 11.5 Å². The molecule has 0 spiro atoms. The average molecular weight is 509 g/mol. The minimum Gasteiger partial charge on any atom is -0.494 e. The van der Waals surface area contributed by atoms with Crippen LogP contribution in [0.25, 0.3) is 6.08 Å². The Labute approximate surface area is 219 Å². The molecule has 0 aliphatic heterocycles. The van der Waals surface area contributed by atoms with Crippen LogP contribution in [0.15, 0.2) is 67.3 Å². The Balaban J connectivity index is 1.56. The lowest BCUT2D eigenvalue weighted by atomic mass is 10.1. The average Bonchev–Trinajstić information content (AvgIpc) is 2.92. The maximum atomic E-state index is 12.2. The third-order valence-electron chi connectivity index (χ3n) is 5.48. The maximum Gasteiger partial charge on any atom is 0.330 e. The van der Waals surface area contributed by atoms with Gasteiger partial charge in [0.1, 0.15) is 11.5 Å². The lowest BCUT2D eigenvalue weighted by molar-refractivity contribution is -0.138. The second-order valence-electron chi connectivity index (χ2n) is 8.38. The summed E-state index contributed by atoms with van der Waals surface area (Å²) in [7, 11) is 1.32. The fraction of sp³-hybridized carbons (Fsp3) is 0.367. The molecule has 0 unspecified atom stereocenters. The predicted molar refractivity (Wildman–Crippen MR) is 142 cm³/mol. The number of methoxy groups -OCH3 is 1. The molecule has 0 atom stereocenters. The molecule has 0 aliphatic rings. The number of unbranched alkanes of at least 4 members (excludes halogenated alkanes) is 5. The summed E-state index contributed by atoms with van der Waals surface area (Å²) < 4.78 is 20.7. The van der Waals surface area contributed by atoms with Crippen LogP contribution in [0.5, 0.6) is 11.5 Å². The smallest absolute Gasteiger partial charge is 0.330 e. The molecule has 7 nitrogen and oxygen atoms in total. The molecule has 0 N–H and O–H groups in total. The van der Waals surface area contributed by atoms with E-state index in [0.29, 0.717) is 25.4 Å². The maximum absolute atomic E-state index is 12.2. The molecular weight excluding hydrogens is 472 g/mol. The Hall–Kier alpha value is -3.87. The van der Waals surface area contributed by atoms with Crippen LogP contribution in [0, 0.1) is 0 Å². The Kier molecular flexibility index (Phi) is 13.9. The van der Waals surface area contributed by atoms with Gasteiger partial charge in [-0.25, -0.2) is 9.59 Å². The van der Waals surface area contributed by atoms with Crippen LogP contribution in [-0.4, -0.2) is 38.2 Å². The Morgan fingerprint density at radius 1 is 0.784 bits per heavy atom. The molecule has 0 aromatic heterocycles. The van der Waals surface area contributed by atoms with E-state index in [0.717, 1.165) is 55.4 Å². The molecule has 0 aliphatic carbocycles. The van der Waals surface area contributed by atoms with Crippen molar-refractivity contribution in [1.29, 1.82) is 0 Å². The van der Waals surface area contributed by atoms with Crippen molar-refractivity contribution in [2.75, 3.05) is 20.3 Å². The van der Waals surface area contributed by atoms with Crippen molar-refractivity contribution in [3.63, 3.8) is 0 Å². The van der Waals surface area contributed by atoms with Gasteiger partial charge in [0.25, 0.3) is 0 Å². The molecular formula is C30H36O7. The summed E-state index contributed by atoms with van der Waals surface area (Å²) in [6, 6.07) is 14.7. The molecule has 7 heteroatoms. The summed E-state index contributed by atoms with van der Waals surface area (Å²) in [5.74, 6) is 0.172. The first-order valence-electron chi connectivity index (χ1n) is 12.6. The topological polar surface area (TPSA) is 88.1 Å². The van der Waals surface area contributed by atoms with Crippen molar-refractivity contribution >= 4 is 24.0 Å².